The molecule has 0 bridgehead atoms. The Morgan fingerprint density at radius 2 is 2.08 bits per heavy atom. The Balaban J connectivity index is 3.19. The summed E-state index contributed by atoms with van der Waals surface area (Å²) in [5, 5.41) is 7.20. The summed E-state index contributed by atoms with van der Waals surface area (Å²) in [6.45, 7) is 3.58. The molecule has 0 fully saturated rings. The Kier molecular flexibility index (Phi) is 3.03. The van der Waals surface area contributed by atoms with Crippen molar-refractivity contribution in [2.45, 2.75) is 0 Å². The first-order chi connectivity index (χ1) is 6.29. The summed E-state index contributed by atoms with van der Waals surface area (Å²) in [4.78, 5) is 0. The predicted molar refractivity (Wildman–Crippen MR) is 57.8 cm³/mol. The highest BCUT2D eigenvalue weighted by molar-refractivity contribution is 6.10. The number of allylic oxidation sites excluding steroid dienone is 3. The number of anilines is 1. The standard InChI is InChI=1S/C11H12N2/c1-2-5-9(8-12)10-6-3-4-7-11(10)13/h2-8,12H,1,13H2/b9-5+,12-8?. The normalized spacial score (nSPS) is 10.9. The van der Waals surface area contributed by atoms with Gasteiger partial charge in [0.15, 0.2) is 0 Å². The lowest BCUT2D eigenvalue weighted by Gasteiger charge is -2.03. The lowest BCUT2D eigenvalue weighted by Crippen LogP contribution is -1.93. The van der Waals surface area contributed by atoms with Crippen molar-refractivity contribution in [3.63, 3.8) is 0 Å². The van der Waals surface area contributed by atoms with Gasteiger partial charge in [-0.3, -0.25) is 0 Å². The molecule has 0 saturated heterocycles. The van der Waals surface area contributed by atoms with Gasteiger partial charge in [0.1, 0.15) is 0 Å². The molecule has 0 heterocycles. The van der Waals surface area contributed by atoms with E-state index in [1.165, 1.54) is 6.21 Å². The van der Waals surface area contributed by atoms with Crippen LogP contribution in [-0.4, -0.2) is 6.21 Å². The van der Waals surface area contributed by atoms with Gasteiger partial charge in [0.05, 0.1) is 0 Å². The van der Waals surface area contributed by atoms with E-state index in [0.717, 1.165) is 11.1 Å². The molecule has 1 aromatic carbocycles. The van der Waals surface area contributed by atoms with Crippen molar-refractivity contribution in [1.82, 2.24) is 0 Å². The van der Waals surface area contributed by atoms with E-state index in [4.69, 9.17) is 11.1 Å². The molecule has 1 aromatic rings. The molecule has 2 nitrogen and oxygen atoms in total. The SMILES string of the molecule is C=C/C=C(\C=N)c1ccccc1N. The number of rotatable bonds is 3. The van der Waals surface area contributed by atoms with E-state index in [9.17, 15) is 0 Å². The largest absolute Gasteiger partial charge is 0.398 e. The lowest BCUT2D eigenvalue weighted by atomic mass is 10.0. The van der Waals surface area contributed by atoms with Gasteiger partial charge < -0.3 is 11.1 Å². The minimum absolute atomic E-state index is 0.680. The van der Waals surface area contributed by atoms with Crippen LogP contribution in [0.25, 0.3) is 5.57 Å². The number of nitrogens with one attached hydrogen (secondary N) is 1. The summed E-state index contributed by atoms with van der Waals surface area (Å²) in [7, 11) is 0. The fourth-order valence-electron chi connectivity index (χ4n) is 1.10. The van der Waals surface area contributed by atoms with E-state index in [1.54, 1.807) is 12.2 Å². The summed E-state index contributed by atoms with van der Waals surface area (Å²) in [5.74, 6) is 0. The summed E-state index contributed by atoms with van der Waals surface area (Å²) in [6.07, 6.45) is 4.68. The molecular formula is C11H12N2. The van der Waals surface area contributed by atoms with Crippen molar-refractivity contribution in [2.24, 2.45) is 0 Å². The second-order valence-corrected chi connectivity index (χ2v) is 2.59. The number of hydrogen-bond donors (Lipinski definition) is 2. The van der Waals surface area contributed by atoms with Gasteiger partial charge in [-0.05, 0) is 6.07 Å². The number of hydrogen-bond acceptors (Lipinski definition) is 2. The maximum absolute atomic E-state index is 7.20. The molecule has 13 heavy (non-hydrogen) atoms. The van der Waals surface area contributed by atoms with Gasteiger partial charge in [-0.15, -0.1) is 0 Å². The lowest BCUT2D eigenvalue weighted by molar-refractivity contribution is 1.56. The highest BCUT2D eigenvalue weighted by atomic mass is 14.6. The molecule has 2 heteroatoms. The zero-order valence-corrected chi connectivity index (χ0v) is 7.33. The second-order valence-electron chi connectivity index (χ2n) is 2.59. The summed E-state index contributed by atoms with van der Waals surface area (Å²) in [6, 6.07) is 7.46. The van der Waals surface area contributed by atoms with Crippen molar-refractivity contribution in [2.75, 3.05) is 5.73 Å². The van der Waals surface area contributed by atoms with Gasteiger partial charge in [-0.1, -0.05) is 36.9 Å². The molecule has 3 N–H and O–H groups in total. The van der Waals surface area contributed by atoms with Crippen LogP contribution in [0.15, 0.2) is 43.0 Å². The molecule has 0 saturated carbocycles. The highest BCUT2D eigenvalue weighted by Crippen LogP contribution is 2.19. The summed E-state index contributed by atoms with van der Waals surface area (Å²) in [5.41, 5.74) is 8.07. The third-order valence-electron chi connectivity index (χ3n) is 1.72. The monoisotopic (exact) mass is 172 g/mol. The van der Waals surface area contributed by atoms with Crippen molar-refractivity contribution in [3.05, 3.63) is 48.6 Å². The third kappa shape index (κ3) is 2.06. The smallest absolute Gasteiger partial charge is 0.0394 e. The summed E-state index contributed by atoms with van der Waals surface area (Å²) >= 11 is 0. The Labute approximate surface area is 77.9 Å². The molecule has 0 aliphatic heterocycles. The third-order valence-corrected chi connectivity index (χ3v) is 1.72. The van der Waals surface area contributed by atoms with Crippen LogP contribution in [-0.2, 0) is 0 Å². The van der Waals surface area contributed by atoms with E-state index in [-0.39, 0.29) is 0 Å². The minimum Gasteiger partial charge on any atom is -0.398 e. The van der Waals surface area contributed by atoms with Crippen molar-refractivity contribution in [3.8, 4) is 0 Å². The van der Waals surface area contributed by atoms with Gasteiger partial charge in [0.2, 0.25) is 0 Å². The highest BCUT2D eigenvalue weighted by Gasteiger charge is 2.00. The zero-order chi connectivity index (χ0) is 9.68. The first-order valence-corrected chi connectivity index (χ1v) is 3.97. The predicted octanol–water partition coefficient (Wildman–Crippen LogP) is 2.49. The average molecular weight is 172 g/mol. The van der Waals surface area contributed by atoms with Gasteiger partial charge in [0, 0.05) is 23.0 Å². The Morgan fingerprint density at radius 3 is 2.62 bits per heavy atom. The molecule has 0 unspecified atom stereocenters. The van der Waals surface area contributed by atoms with Gasteiger partial charge in [-0.25, -0.2) is 0 Å². The van der Waals surface area contributed by atoms with E-state index in [1.807, 2.05) is 24.3 Å². The van der Waals surface area contributed by atoms with Crippen LogP contribution >= 0.6 is 0 Å². The zero-order valence-electron chi connectivity index (χ0n) is 7.33. The van der Waals surface area contributed by atoms with Crippen LogP contribution in [0.5, 0.6) is 0 Å². The van der Waals surface area contributed by atoms with Crippen LogP contribution in [0.3, 0.4) is 0 Å². The maximum Gasteiger partial charge on any atom is 0.0394 e. The van der Waals surface area contributed by atoms with Crippen molar-refractivity contribution >= 4 is 17.5 Å². The van der Waals surface area contributed by atoms with E-state index in [2.05, 4.69) is 6.58 Å². The van der Waals surface area contributed by atoms with Gasteiger partial charge in [-0.2, -0.15) is 0 Å². The second kappa shape index (κ2) is 4.26. The maximum atomic E-state index is 7.20. The number of benzene rings is 1. The quantitative estimate of drug-likeness (QED) is 0.411. The molecule has 0 aromatic heterocycles. The van der Waals surface area contributed by atoms with Crippen LogP contribution < -0.4 is 5.73 Å². The molecule has 66 valence electrons. The molecule has 0 radical (unpaired) electrons. The first-order valence-electron chi connectivity index (χ1n) is 3.97. The first kappa shape index (κ1) is 9.26. The van der Waals surface area contributed by atoms with Crippen LogP contribution in [0.2, 0.25) is 0 Å². The Hall–Kier alpha value is -1.83. The molecule has 1 rings (SSSR count). The van der Waals surface area contributed by atoms with Crippen LogP contribution in [0.4, 0.5) is 5.69 Å². The Bertz CT molecular complexity index is 351. The van der Waals surface area contributed by atoms with Crippen molar-refractivity contribution < 1.29 is 0 Å². The fourth-order valence-corrected chi connectivity index (χ4v) is 1.10. The minimum atomic E-state index is 0.680. The van der Waals surface area contributed by atoms with E-state index in [0.29, 0.717) is 5.69 Å². The molecule has 0 spiro atoms. The topological polar surface area (TPSA) is 49.9 Å². The fraction of sp³-hybridized carbons (Fsp3) is 0. The average Bonchev–Trinajstić information content (AvgIpc) is 2.16. The molecule has 0 atom stereocenters. The molecule has 0 aliphatic rings. The van der Waals surface area contributed by atoms with Gasteiger partial charge >= 0.3 is 0 Å². The van der Waals surface area contributed by atoms with Crippen LogP contribution in [0.1, 0.15) is 5.56 Å². The van der Waals surface area contributed by atoms with Gasteiger partial charge in [0.25, 0.3) is 0 Å². The van der Waals surface area contributed by atoms with Crippen LogP contribution in [0, 0.1) is 5.41 Å². The Morgan fingerprint density at radius 1 is 1.38 bits per heavy atom. The number of para-hydroxylation sites is 1. The molecule has 0 amide bonds. The molecular weight excluding hydrogens is 160 g/mol. The molecule has 0 aliphatic carbocycles. The van der Waals surface area contributed by atoms with E-state index < -0.39 is 0 Å². The van der Waals surface area contributed by atoms with Crippen molar-refractivity contribution in [1.29, 1.82) is 5.41 Å². The summed E-state index contributed by atoms with van der Waals surface area (Å²) < 4.78 is 0. The number of nitrogens with two attached hydrogens (primary N) is 1. The van der Waals surface area contributed by atoms with E-state index >= 15 is 0 Å². The number of nitrogen functional groups attached to an aromatic ring is 1.